The molecule has 0 unspecified atom stereocenters. The Morgan fingerprint density at radius 1 is 1.62 bits per heavy atom. The molecule has 74 valence electrons. The van der Waals surface area contributed by atoms with Crippen LogP contribution < -0.4 is 5.43 Å². The fraction of sp³-hybridized carbons (Fsp3) is 0.800. The Morgan fingerprint density at radius 3 is 2.69 bits per heavy atom. The van der Waals surface area contributed by atoms with Crippen molar-refractivity contribution in [1.29, 1.82) is 0 Å². The van der Waals surface area contributed by atoms with E-state index in [1.54, 1.807) is 0 Å². The lowest BCUT2D eigenvalue weighted by molar-refractivity contribution is -0.120. The van der Waals surface area contributed by atoms with Gasteiger partial charge in [0.15, 0.2) is 0 Å². The third-order valence-corrected chi connectivity index (χ3v) is 2.60. The predicted octanol–water partition coefficient (Wildman–Crippen LogP) is 1.93. The number of hydrazone groups is 1. The predicted molar refractivity (Wildman–Crippen MR) is 53.4 cm³/mol. The second kappa shape index (κ2) is 4.40. The van der Waals surface area contributed by atoms with E-state index in [0.29, 0.717) is 6.42 Å². The van der Waals surface area contributed by atoms with Crippen LogP contribution >= 0.6 is 0 Å². The first kappa shape index (κ1) is 10.2. The number of nitrogens with zero attached hydrogens (tertiary/aromatic N) is 1. The molecule has 0 aliphatic heterocycles. The lowest BCUT2D eigenvalue weighted by atomic mass is 9.76. The third kappa shape index (κ3) is 2.83. The summed E-state index contributed by atoms with van der Waals surface area (Å²) in [6, 6.07) is 0. The Labute approximate surface area is 79.6 Å². The molecule has 1 aliphatic carbocycles. The van der Waals surface area contributed by atoms with Crippen LogP contribution in [0.3, 0.4) is 0 Å². The fourth-order valence-electron chi connectivity index (χ4n) is 1.33. The first-order valence-corrected chi connectivity index (χ1v) is 4.97. The van der Waals surface area contributed by atoms with Gasteiger partial charge in [-0.15, -0.1) is 0 Å². The Balaban J connectivity index is 2.23. The standard InChI is InChI=1S/C10H18N2O/c1-4-10(13)12-11-9-5-8(6-9)7(2)3/h7-8H,4-6H2,1-3H3,(H,12,13). The Morgan fingerprint density at radius 2 is 2.23 bits per heavy atom. The summed E-state index contributed by atoms with van der Waals surface area (Å²) in [6.07, 6.45) is 2.62. The molecule has 0 aromatic rings. The number of carbonyl (C=O) groups is 1. The van der Waals surface area contributed by atoms with Gasteiger partial charge in [-0.3, -0.25) is 4.79 Å². The second-order valence-corrected chi connectivity index (χ2v) is 3.98. The van der Waals surface area contributed by atoms with Gasteiger partial charge in [0.1, 0.15) is 0 Å². The van der Waals surface area contributed by atoms with Crippen molar-refractivity contribution in [2.24, 2.45) is 16.9 Å². The van der Waals surface area contributed by atoms with Gasteiger partial charge in [0.2, 0.25) is 5.91 Å². The summed E-state index contributed by atoms with van der Waals surface area (Å²) in [5, 5.41) is 4.05. The normalized spacial score (nSPS) is 21.2. The van der Waals surface area contributed by atoms with E-state index in [0.717, 1.165) is 30.4 Å². The highest BCUT2D eigenvalue weighted by molar-refractivity contribution is 5.91. The van der Waals surface area contributed by atoms with E-state index in [-0.39, 0.29) is 5.91 Å². The molecule has 0 heterocycles. The molecule has 0 atom stereocenters. The Kier molecular flexibility index (Phi) is 3.46. The third-order valence-electron chi connectivity index (χ3n) is 2.60. The van der Waals surface area contributed by atoms with Crippen LogP contribution in [-0.4, -0.2) is 11.6 Å². The molecular formula is C10H18N2O. The second-order valence-electron chi connectivity index (χ2n) is 3.98. The molecule has 13 heavy (non-hydrogen) atoms. The van der Waals surface area contributed by atoms with Gasteiger partial charge in [-0.2, -0.15) is 5.10 Å². The largest absolute Gasteiger partial charge is 0.273 e. The highest BCUT2D eigenvalue weighted by atomic mass is 16.2. The molecule has 0 bridgehead atoms. The number of carbonyl (C=O) groups excluding carboxylic acids is 1. The number of hydrogen-bond acceptors (Lipinski definition) is 2. The molecule has 0 aromatic carbocycles. The van der Waals surface area contributed by atoms with Gasteiger partial charge in [-0.05, 0) is 24.7 Å². The summed E-state index contributed by atoms with van der Waals surface area (Å²) in [7, 11) is 0. The molecule has 1 rings (SSSR count). The van der Waals surface area contributed by atoms with E-state index in [1.165, 1.54) is 0 Å². The van der Waals surface area contributed by atoms with Crippen LogP contribution in [0.15, 0.2) is 5.10 Å². The number of nitrogens with one attached hydrogen (secondary N) is 1. The number of rotatable bonds is 3. The number of hydrogen-bond donors (Lipinski definition) is 1. The minimum atomic E-state index is 0.000460. The van der Waals surface area contributed by atoms with Gasteiger partial charge < -0.3 is 0 Å². The van der Waals surface area contributed by atoms with Crippen molar-refractivity contribution in [3.63, 3.8) is 0 Å². The smallest absolute Gasteiger partial charge is 0.239 e. The van der Waals surface area contributed by atoms with Crippen molar-refractivity contribution >= 4 is 11.6 Å². The first-order valence-electron chi connectivity index (χ1n) is 4.97. The number of amides is 1. The molecular weight excluding hydrogens is 164 g/mol. The maximum atomic E-state index is 10.9. The maximum absolute atomic E-state index is 10.9. The van der Waals surface area contributed by atoms with Crippen LogP contribution in [0.25, 0.3) is 0 Å². The van der Waals surface area contributed by atoms with Gasteiger partial charge in [-0.25, -0.2) is 5.43 Å². The summed E-state index contributed by atoms with van der Waals surface area (Å²) >= 11 is 0. The van der Waals surface area contributed by atoms with Crippen LogP contribution in [-0.2, 0) is 4.79 Å². The average molecular weight is 182 g/mol. The summed E-state index contributed by atoms with van der Waals surface area (Å²) in [5.41, 5.74) is 3.68. The van der Waals surface area contributed by atoms with Crippen molar-refractivity contribution in [2.75, 3.05) is 0 Å². The molecule has 1 N–H and O–H groups in total. The van der Waals surface area contributed by atoms with Crippen LogP contribution in [0.2, 0.25) is 0 Å². The molecule has 1 amide bonds. The van der Waals surface area contributed by atoms with E-state index < -0.39 is 0 Å². The van der Waals surface area contributed by atoms with Crippen molar-refractivity contribution < 1.29 is 4.79 Å². The van der Waals surface area contributed by atoms with Gasteiger partial charge in [0.25, 0.3) is 0 Å². The van der Waals surface area contributed by atoms with Crippen molar-refractivity contribution in [1.82, 2.24) is 5.43 Å². The zero-order chi connectivity index (χ0) is 9.84. The van der Waals surface area contributed by atoms with E-state index in [1.807, 2.05) is 6.92 Å². The molecule has 1 saturated carbocycles. The van der Waals surface area contributed by atoms with E-state index in [9.17, 15) is 4.79 Å². The SMILES string of the molecule is CCC(=O)NN=C1CC(C(C)C)C1. The molecule has 0 saturated heterocycles. The zero-order valence-electron chi connectivity index (χ0n) is 8.63. The van der Waals surface area contributed by atoms with E-state index in [4.69, 9.17) is 0 Å². The summed E-state index contributed by atoms with van der Waals surface area (Å²) < 4.78 is 0. The fourth-order valence-corrected chi connectivity index (χ4v) is 1.33. The lowest BCUT2D eigenvalue weighted by Crippen LogP contribution is -2.30. The summed E-state index contributed by atoms with van der Waals surface area (Å²) in [4.78, 5) is 10.9. The molecule has 0 spiro atoms. The molecule has 0 aromatic heterocycles. The monoisotopic (exact) mass is 182 g/mol. The minimum Gasteiger partial charge on any atom is -0.273 e. The first-order chi connectivity index (χ1) is 6.13. The molecule has 1 aliphatic rings. The highest BCUT2D eigenvalue weighted by Crippen LogP contribution is 2.30. The maximum Gasteiger partial charge on any atom is 0.239 e. The van der Waals surface area contributed by atoms with Gasteiger partial charge in [0, 0.05) is 12.1 Å². The van der Waals surface area contributed by atoms with Gasteiger partial charge in [-0.1, -0.05) is 20.8 Å². The van der Waals surface area contributed by atoms with Crippen molar-refractivity contribution in [2.45, 2.75) is 40.0 Å². The van der Waals surface area contributed by atoms with E-state index in [2.05, 4.69) is 24.4 Å². The molecule has 0 radical (unpaired) electrons. The van der Waals surface area contributed by atoms with Crippen LogP contribution in [0.1, 0.15) is 40.0 Å². The topological polar surface area (TPSA) is 41.5 Å². The molecule has 3 heteroatoms. The lowest BCUT2D eigenvalue weighted by Gasteiger charge is -2.30. The summed E-state index contributed by atoms with van der Waals surface area (Å²) in [6.45, 7) is 6.28. The highest BCUT2D eigenvalue weighted by Gasteiger charge is 2.27. The summed E-state index contributed by atoms with van der Waals surface area (Å²) in [5.74, 6) is 1.51. The zero-order valence-corrected chi connectivity index (χ0v) is 8.63. The average Bonchev–Trinajstić information content (AvgIpc) is 2.00. The minimum absolute atomic E-state index is 0.000460. The quantitative estimate of drug-likeness (QED) is 0.666. The molecule has 1 fully saturated rings. The van der Waals surface area contributed by atoms with Crippen LogP contribution in [0, 0.1) is 11.8 Å². The Bertz CT molecular complexity index is 213. The van der Waals surface area contributed by atoms with Crippen LogP contribution in [0.5, 0.6) is 0 Å². The van der Waals surface area contributed by atoms with Crippen molar-refractivity contribution in [3.05, 3.63) is 0 Å². The van der Waals surface area contributed by atoms with Crippen molar-refractivity contribution in [3.8, 4) is 0 Å². The Hall–Kier alpha value is -0.860. The van der Waals surface area contributed by atoms with E-state index >= 15 is 0 Å². The van der Waals surface area contributed by atoms with Gasteiger partial charge in [0.05, 0.1) is 0 Å². The van der Waals surface area contributed by atoms with Crippen LogP contribution in [0.4, 0.5) is 0 Å². The molecule has 3 nitrogen and oxygen atoms in total. The van der Waals surface area contributed by atoms with Gasteiger partial charge >= 0.3 is 0 Å².